The summed E-state index contributed by atoms with van der Waals surface area (Å²) < 4.78 is 25.2. The Morgan fingerprint density at radius 1 is 1.37 bits per heavy atom. The topological polar surface area (TPSA) is 59.3 Å². The van der Waals surface area contributed by atoms with Gasteiger partial charge in [-0.3, -0.25) is 0 Å². The monoisotopic (exact) mass is 281 g/mol. The maximum absolute atomic E-state index is 11.6. The minimum absolute atomic E-state index is 0.127. The number of fused-ring (bicyclic) bond motifs is 1. The molecule has 1 N–H and O–H groups in total. The van der Waals surface area contributed by atoms with E-state index < -0.39 is 9.84 Å². The van der Waals surface area contributed by atoms with Gasteiger partial charge in [-0.1, -0.05) is 6.92 Å². The first-order chi connectivity index (χ1) is 8.82. The van der Waals surface area contributed by atoms with Crippen molar-refractivity contribution in [3.05, 3.63) is 30.0 Å². The van der Waals surface area contributed by atoms with E-state index >= 15 is 0 Å². The zero-order chi connectivity index (χ0) is 14.2. The Morgan fingerprint density at radius 2 is 2.05 bits per heavy atom. The van der Waals surface area contributed by atoms with Gasteiger partial charge in [0.2, 0.25) is 0 Å². The van der Waals surface area contributed by atoms with Crippen molar-refractivity contribution in [2.75, 3.05) is 12.9 Å². The third-order valence-corrected chi connectivity index (χ3v) is 4.46. The normalized spacial score (nSPS) is 13.9. The van der Waals surface area contributed by atoms with E-state index in [0.29, 0.717) is 4.90 Å². The van der Waals surface area contributed by atoms with Gasteiger partial charge in [0.25, 0.3) is 0 Å². The van der Waals surface area contributed by atoms with Crippen molar-refractivity contribution >= 4 is 20.7 Å². The molecule has 2 aromatic rings. The van der Waals surface area contributed by atoms with Gasteiger partial charge in [-0.15, -0.1) is 0 Å². The summed E-state index contributed by atoms with van der Waals surface area (Å²) in [5.41, 5.74) is 2.08. The van der Waals surface area contributed by atoms with Crippen molar-refractivity contribution in [3.8, 4) is 0 Å². The molecule has 0 fully saturated rings. The van der Waals surface area contributed by atoms with Gasteiger partial charge in [0.1, 0.15) is 0 Å². The first-order valence-electron chi connectivity index (χ1n) is 6.22. The van der Waals surface area contributed by atoms with E-state index in [1.54, 1.807) is 12.1 Å². The Bertz CT molecular complexity index is 701. The van der Waals surface area contributed by atoms with Crippen LogP contribution in [-0.4, -0.2) is 31.0 Å². The second-order valence-electron chi connectivity index (χ2n) is 5.21. The van der Waals surface area contributed by atoms with Gasteiger partial charge >= 0.3 is 0 Å². The minimum Gasteiger partial charge on any atom is -0.396 e. The second-order valence-corrected chi connectivity index (χ2v) is 7.22. The van der Waals surface area contributed by atoms with Crippen LogP contribution in [-0.2, 0) is 23.3 Å². The Kier molecular flexibility index (Phi) is 3.69. The van der Waals surface area contributed by atoms with E-state index in [2.05, 4.69) is 0 Å². The molecule has 1 aromatic heterocycles. The average molecular weight is 281 g/mol. The lowest BCUT2D eigenvalue weighted by molar-refractivity contribution is 0.237. The molecule has 0 spiro atoms. The first-order valence-corrected chi connectivity index (χ1v) is 8.11. The Balaban J connectivity index is 2.59. The molecule has 0 bridgehead atoms. The molecule has 0 aliphatic carbocycles. The Labute approximate surface area is 113 Å². The molecule has 0 saturated carbocycles. The number of sulfone groups is 1. The molecule has 0 amide bonds. The third-order valence-electron chi connectivity index (χ3n) is 3.35. The smallest absolute Gasteiger partial charge is 0.175 e. The average Bonchev–Trinajstić information content (AvgIpc) is 2.65. The van der Waals surface area contributed by atoms with Gasteiger partial charge in [0.05, 0.1) is 4.90 Å². The minimum atomic E-state index is -3.19. The molecule has 19 heavy (non-hydrogen) atoms. The molecule has 4 nitrogen and oxygen atoms in total. The van der Waals surface area contributed by atoms with Crippen LogP contribution in [0.4, 0.5) is 0 Å². The molecule has 1 unspecified atom stereocenters. The van der Waals surface area contributed by atoms with Crippen LogP contribution in [0.25, 0.3) is 10.9 Å². The van der Waals surface area contributed by atoms with Crippen molar-refractivity contribution in [2.45, 2.75) is 18.2 Å². The van der Waals surface area contributed by atoms with Gasteiger partial charge in [-0.05, 0) is 36.1 Å². The largest absolute Gasteiger partial charge is 0.396 e. The SMILES string of the molecule is CC(CO)Cc1cn(C)c2ccc(S(C)(=O)=O)cc12. The summed E-state index contributed by atoms with van der Waals surface area (Å²) >= 11 is 0. The van der Waals surface area contributed by atoms with Crippen LogP contribution in [0.5, 0.6) is 0 Å². The molecule has 2 rings (SSSR count). The van der Waals surface area contributed by atoms with Crippen LogP contribution in [0.2, 0.25) is 0 Å². The van der Waals surface area contributed by atoms with E-state index in [1.165, 1.54) is 6.26 Å². The summed E-state index contributed by atoms with van der Waals surface area (Å²) in [7, 11) is -1.25. The van der Waals surface area contributed by atoms with Crippen LogP contribution in [0.1, 0.15) is 12.5 Å². The van der Waals surface area contributed by atoms with E-state index in [-0.39, 0.29) is 12.5 Å². The number of hydrogen-bond acceptors (Lipinski definition) is 3. The summed E-state index contributed by atoms with van der Waals surface area (Å²) in [4.78, 5) is 0.337. The molecule has 104 valence electrons. The van der Waals surface area contributed by atoms with Crippen LogP contribution in [0, 0.1) is 5.92 Å². The number of aromatic nitrogens is 1. The molecular formula is C14H19NO3S. The second kappa shape index (κ2) is 4.98. The summed E-state index contributed by atoms with van der Waals surface area (Å²) in [5, 5.41) is 10.1. The molecule has 0 aliphatic rings. The zero-order valence-corrected chi connectivity index (χ0v) is 12.2. The zero-order valence-electron chi connectivity index (χ0n) is 11.4. The number of aliphatic hydroxyl groups excluding tert-OH is 1. The Hall–Kier alpha value is -1.33. The molecule has 1 atom stereocenters. The van der Waals surface area contributed by atoms with Crippen molar-refractivity contribution in [3.63, 3.8) is 0 Å². The molecule has 5 heteroatoms. The highest BCUT2D eigenvalue weighted by Gasteiger charge is 2.13. The number of aryl methyl sites for hydroxylation is 1. The van der Waals surface area contributed by atoms with Crippen LogP contribution in [0.15, 0.2) is 29.3 Å². The highest BCUT2D eigenvalue weighted by atomic mass is 32.2. The van der Waals surface area contributed by atoms with E-state index in [1.807, 2.05) is 30.8 Å². The van der Waals surface area contributed by atoms with Gasteiger partial charge in [0.15, 0.2) is 9.84 Å². The standard InChI is InChI=1S/C14H19NO3S/c1-10(9-16)6-11-8-15(2)14-5-4-12(7-13(11)14)19(3,17)18/h4-5,7-8,10,16H,6,9H2,1-3H3. The van der Waals surface area contributed by atoms with Crippen molar-refractivity contribution in [1.29, 1.82) is 0 Å². The van der Waals surface area contributed by atoms with Crippen molar-refractivity contribution in [2.24, 2.45) is 13.0 Å². The Morgan fingerprint density at radius 3 is 2.63 bits per heavy atom. The van der Waals surface area contributed by atoms with Gasteiger partial charge in [0, 0.05) is 37.0 Å². The maximum Gasteiger partial charge on any atom is 0.175 e. The fourth-order valence-corrected chi connectivity index (χ4v) is 2.93. The molecule has 1 heterocycles. The fraction of sp³-hybridized carbons (Fsp3) is 0.429. The number of rotatable bonds is 4. The number of nitrogens with zero attached hydrogens (tertiary/aromatic N) is 1. The third kappa shape index (κ3) is 2.82. The van der Waals surface area contributed by atoms with E-state index in [9.17, 15) is 8.42 Å². The quantitative estimate of drug-likeness (QED) is 0.929. The van der Waals surface area contributed by atoms with E-state index in [4.69, 9.17) is 5.11 Å². The summed E-state index contributed by atoms with van der Waals surface area (Å²) in [6.07, 6.45) is 3.96. The van der Waals surface area contributed by atoms with Gasteiger partial charge in [-0.25, -0.2) is 8.42 Å². The van der Waals surface area contributed by atoms with Crippen LogP contribution >= 0.6 is 0 Å². The predicted octanol–water partition coefficient (Wildman–Crippen LogP) is 1.75. The summed E-state index contributed by atoms with van der Waals surface area (Å²) in [6.45, 7) is 2.10. The van der Waals surface area contributed by atoms with Crippen LogP contribution in [0.3, 0.4) is 0 Å². The van der Waals surface area contributed by atoms with Crippen molar-refractivity contribution < 1.29 is 13.5 Å². The lowest BCUT2D eigenvalue weighted by Gasteiger charge is -2.06. The molecular weight excluding hydrogens is 262 g/mol. The summed E-state index contributed by atoms with van der Waals surface area (Å²) in [5.74, 6) is 0.160. The first kappa shape index (κ1) is 14.1. The predicted molar refractivity (Wildman–Crippen MR) is 76.0 cm³/mol. The lowest BCUT2D eigenvalue weighted by Crippen LogP contribution is -2.04. The molecule has 0 aliphatic heterocycles. The van der Waals surface area contributed by atoms with Gasteiger partial charge < -0.3 is 9.67 Å². The fourth-order valence-electron chi connectivity index (χ4n) is 2.29. The highest BCUT2D eigenvalue weighted by Crippen LogP contribution is 2.26. The molecule has 0 saturated heterocycles. The van der Waals surface area contributed by atoms with Gasteiger partial charge in [-0.2, -0.15) is 0 Å². The van der Waals surface area contributed by atoms with Crippen LogP contribution < -0.4 is 0 Å². The highest BCUT2D eigenvalue weighted by molar-refractivity contribution is 7.90. The maximum atomic E-state index is 11.6. The number of benzene rings is 1. The molecule has 1 aromatic carbocycles. The van der Waals surface area contributed by atoms with Crippen molar-refractivity contribution in [1.82, 2.24) is 4.57 Å². The number of aliphatic hydroxyl groups is 1. The van der Waals surface area contributed by atoms with E-state index in [0.717, 1.165) is 22.9 Å². The summed E-state index contributed by atoms with van der Waals surface area (Å²) in [6, 6.07) is 5.19. The molecule has 0 radical (unpaired) electrons. The lowest BCUT2D eigenvalue weighted by atomic mass is 10.0. The number of hydrogen-bond donors (Lipinski definition) is 1.